The Bertz CT molecular complexity index is 419. The summed E-state index contributed by atoms with van der Waals surface area (Å²) in [5, 5.41) is 0. The van der Waals surface area contributed by atoms with E-state index in [1.807, 2.05) is 37.3 Å². The van der Waals surface area contributed by atoms with Crippen molar-refractivity contribution in [1.82, 2.24) is 4.90 Å². The van der Waals surface area contributed by atoms with Gasteiger partial charge in [0, 0.05) is 31.4 Å². The van der Waals surface area contributed by atoms with Crippen molar-refractivity contribution >= 4 is 26.2 Å². The van der Waals surface area contributed by atoms with E-state index in [-0.39, 0.29) is 0 Å². The van der Waals surface area contributed by atoms with Gasteiger partial charge in [0.2, 0.25) is 0 Å². The maximum atomic E-state index is 4.45. The highest BCUT2D eigenvalue weighted by Gasteiger charge is 2.17. The molecule has 0 radical (unpaired) electrons. The fraction of sp³-hybridized carbons (Fsp3) is 0.182. The Kier molecular flexibility index (Phi) is 2.42. The molecule has 0 bridgehead atoms. The number of halogens is 1. The molecule has 0 aromatic heterocycles. The zero-order valence-corrected chi connectivity index (χ0v) is 9.75. The smallest absolute Gasteiger partial charge is 0.114 e. The lowest BCUT2D eigenvalue weighted by Crippen LogP contribution is -2.01. The number of hydrogen-bond acceptors (Lipinski definition) is 2. The van der Waals surface area contributed by atoms with Gasteiger partial charge in [-0.1, -0.05) is 24.3 Å². The summed E-state index contributed by atoms with van der Waals surface area (Å²) in [5.74, 6) is 0. The molecule has 1 aliphatic rings. The maximum Gasteiger partial charge on any atom is 0.114 e. The van der Waals surface area contributed by atoms with Gasteiger partial charge in [-0.3, -0.25) is 0 Å². The maximum absolute atomic E-state index is 4.45. The molecule has 14 heavy (non-hydrogen) atoms. The second kappa shape index (κ2) is 3.58. The highest BCUT2D eigenvalue weighted by molar-refractivity contribution is 9.18. The van der Waals surface area contributed by atoms with Crippen LogP contribution in [0.4, 0.5) is 0 Å². The summed E-state index contributed by atoms with van der Waals surface area (Å²) in [6.07, 6.45) is 2.02. The van der Waals surface area contributed by atoms with E-state index in [4.69, 9.17) is 0 Å². The Morgan fingerprint density at radius 2 is 1.86 bits per heavy atom. The summed E-state index contributed by atoms with van der Waals surface area (Å²) in [6, 6.07) is 8.21. The third kappa shape index (κ3) is 1.60. The molecule has 0 saturated heterocycles. The van der Waals surface area contributed by atoms with Gasteiger partial charge in [0.1, 0.15) is 4.62 Å². The standard InChI is InChI=1S/C11H11BrN2/c1-14(2)7-10-8-5-3-4-6-9(8)11(12)13-10/h3-7H,1-2H3. The molecule has 1 aromatic carbocycles. The zero-order chi connectivity index (χ0) is 10.1. The van der Waals surface area contributed by atoms with Crippen LogP contribution >= 0.6 is 15.9 Å². The summed E-state index contributed by atoms with van der Waals surface area (Å²) in [4.78, 5) is 6.45. The van der Waals surface area contributed by atoms with E-state index in [0.29, 0.717) is 0 Å². The largest absolute Gasteiger partial charge is 0.382 e. The minimum absolute atomic E-state index is 0.918. The van der Waals surface area contributed by atoms with Crippen molar-refractivity contribution in [3.8, 4) is 0 Å². The van der Waals surface area contributed by atoms with Crippen LogP contribution in [0.1, 0.15) is 11.1 Å². The summed E-state index contributed by atoms with van der Waals surface area (Å²) >= 11 is 3.46. The molecule has 0 saturated carbocycles. The predicted molar refractivity (Wildman–Crippen MR) is 63.6 cm³/mol. The fourth-order valence-electron chi connectivity index (χ4n) is 1.46. The van der Waals surface area contributed by atoms with Crippen LogP contribution in [0.25, 0.3) is 5.70 Å². The monoisotopic (exact) mass is 250 g/mol. The lowest BCUT2D eigenvalue weighted by Gasteiger charge is -2.05. The summed E-state index contributed by atoms with van der Waals surface area (Å²) in [7, 11) is 3.99. The first kappa shape index (κ1) is 9.46. The average molecular weight is 251 g/mol. The first-order valence-corrected chi connectivity index (χ1v) is 5.20. The molecule has 2 nitrogen and oxygen atoms in total. The number of fused-ring (bicyclic) bond motifs is 1. The van der Waals surface area contributed by atoms with Crippen molar-refractivity contribution in [1.29, 1.82) is 0 Å². The number of hydrogen-bond donors (Lipinski definition) is 0. The first-order chi connectivity index (χ1) is 6.68. The van der Waals surface area contributed by atoms with Gasteiger partial charge in [0.25, 0.3) is 0 Å². The second-order valence-corrected chi connectivity index (χ2v) is 4.18. The molecule has 0 aliphatic carbocycles. The van der Waals surface area contributed by atoms with Crippen LogP contribution in [-0.2, 0) is 0 Å². The molecule has 3 heteroatoms. The summed E-state index contributed by atoms with van der Waals surface area (Å²) < 4.78 is 0.918. The molecule has 0 fully saturated rings. The Morgan fingerprint density at radius 3 is 2.50 bits per heavy atom. The molecule has 2 rings (SSSR count). The molecule has 0 spiro atoms. The normalized spacial score (nSPS) is 16.8. The van der Waals surface area contributed by atoms with Gasteiger partial charge in [-0.15, -0.1) is 0 Å². The van der Waals surface area contributed by atoms with Crippen molar-refractivity contribution in [2.24, 2.45) is 4.99 Å². The van der Waals surface area contributed by atoms with Crippen molar-refractivity contribution in [2.75, 3.05) is 14.1 Å². The molecule has 0 atom stereocenters. The van der Waals surface area contributed by atoms with Crippen molar-refractivity contribution in [3.05, 3.63) is 41.6 Å². The molecule has 0 amide bonds. The molecule has 1 aromatic rings. The molecule has 1 aliphatic heterocycles. The van der Waals surface area contributed by atoms with Crippen LogP contribution in [0, 0.1) is 0 Å². The third-order valence-corrected chi connectivity index (χ3v) is 2.63. The average Bonchev–Trinajstić information content (AvgIpc) is 2.44. The summed E-state index contributed by atoms with van der Waals surface area (Å²) in [6.45, 7) is 0. The van der Waals surface area contributed by atoms with E-state index < -0.39 is 0 Å². The van der Waals surface area contributed by atoms with Crippen LogP contribution in [-0.4, -0.2) is 23.6 Å². The van der Waals surface area contributed by atoms with Gasteiger partial charge in [-0.2, -0.15) is 0 Å². The highest BCUT2D eigenvalue weighted by Crippen LogP contribution is 2.30. The quantitative estimate of drug-likeness (QED) is 0.749. The van der Waals surface area contributed by atoms with E-state index in [9.17, 15) is 0 Å². The zero-order valence-electron chi connectivity index (χ0n) is 8.16. The molecule has 0 N–H and O–H groups in total. The molecule has 0 unspecified atom stereocenters. The lowest BCUT2D eigenvalue weighted by atomic mass is 10.1. The SMILES string of the molecule is CN(C)C=C1N=C(Br)c2ccccc21. The number of nitrogens with zero attached hydrogens (tertiary/aromatic N) is 2. The first-order valence-electron chi connectivity index (χ1n) is 4.40. The minimum Gasteiger partial charge on any atom is -0.382 e. The molecular formula is C11H11BrN2. The van der Waals surface area contributed by atoms with Gasteiger partial charge >= 0.3 is 0 Å². The Labute approximate surface area is 92.1 Å². The minimum atomic E-state index is 0.918. The fourth-order valence-corrected chi connectivity index (χ4v) is 1.99. The van der Waals surface area contributed by atoms with Gasteiger partial charge in [-0.25, -0.2) is 4.99 Å². The Balaban J connectivity index is 2.52. The van der Waals surface area contributed by atoms with Crippen LogP contribution in [0.3, 0.4) is 0 Å². The van der Waals surface area contributed by atoms with Crippen LogP contribution in [0.2, 0.25) is 0 Å². The van der Waals surface area contributed by atoms with Gasteiger partial charge in [-0.05, 0) is 15.9 Å². The van der Waals surface area contributed by atoms with Gasteiger partial charge in [0.05, 0.1) is 5.70 Å². The van der Waals surface area contributed by atoms with Gasteiger partial charge < -0.3 is 4.90 Å². The highest BCUT2D eigenvalue weighted by atomic mass is 79.9. The van der Waals surface area contributed by atoms with Crippen LogP contribution in [0.15, 0.2) is 35.5 Å². The van der Waals surface area contributed by atoms with Gasteiger partial charge in [0.15, 0.2) is 0 Å². The lowest BCUT2D eigenvalue weighted by molar-refractivity contribution is 0.565. The van der Waals surface area contributed by atoms with Crippen molar-refractivity contribution in [2.45, 2.75) is 0 Å². The van der Waals surface area contributed by atoms with E-state index in [1.165, 1.54) is 11.1 Å². The third-order valence-electron chi connectivity index (χ3n) is 2.02. The van der Waals surface area contributed by atoms with Crippen LogP contribution in [0.5, 0.6) is 0 Å². The number of rotatable bonds is 1. The van der Waals surface area contributed by atoms with E-state index >= 15 is 0 Å². The van der Waals surface area contributed by atoms with Crippen LogP contribution < -0.4 is 0 Å². The molecular weight excluding hydrogens is 240 g/mol. The molecule has 1 heterocycles. The number of benzene rings is 1. The molecule has 72 valence electrons. The summed E-state index contributed by atoms with van der Waals surface area (Å²) in [5.41, 5.74) is 3.37. The van der Waals surface area contributed by atoms with E-state index in [1.54, 1.807) is 0 Å². The Morgan fingerprint density at radius 1 is 1.21 bits per heavy atom. The predicted octanol–water partition coefficient (Wildman–Crippen LogP) is 2.70. The van der Waals surface area contributed by atoms with Crippen molar-refractivity contribution in [3.63, 3.8) is 0 Å². The van der Waals surface area contributed by atoms with Crippen molar-refractivity contribution < 1.29 is 0 Å². The second-order valence-electron chi connectivity index (χ2n) is 3.43. The van der Waals surface area contributed by atoms with E-state index in [0.717, 1.165) is 10.3 Å². The van der Waals surface area contributed by atoms with E-state index in [2.05, 4.69) is 33.1 Å². The topological polar surface area (TPSA) is 15.6 Å². The Hall–Kier alpha value is -1.09. The number of aliphatic imine (C=N–C) groups is 1.